The number of hydrogen-bond acceptors (Lipinski definition) is 5. The first kappa shape index (κ1) is 11.4. The van der Waals surface area contributed by atoms with E-state index in [0.29, 0.717) is 12.8 Å². The summed E-state index contributed by atoms with van der Waals surface area (Å²) >= 11 is 0. The van der Waals surface area contributed by atoms with Crippen LogP contribution >= 0.6 is 0 Å². The van der Waals surface area contributed by atoms with Gasteiger partial charge in [-0.3, -0.25) is 14.9 Å². The van der Waals surface area contributed by atoms with Crippen LogP contribution in [0, 0.1) is 0 Å². The maximum Gasteiger partial charge on any atom is 0.249 e. The van der Waals surface area contributed by atoms with Gasteiger partial charge >= 0.3 is 0 Å². The predicted molar refractivity (Wildman–Crippen MR) is 63.6 cm³/mol. The number of aromatic nitrogens is 1. The van der Waals surface area contributed by atoms with Gasteiger partial charge in [-0.1, -0.05) is 0 Å². The molecule has 17 heavy (non-hydrogen) atoms. The van der Waals surface area contributed by atoms with Crippen molar-refractivity contribution < 1.29 is 9.59 Å². The van der Waals surface area contributed by atoms with E-state index >= 15 is 0 Å². The van der Waals surface area contributed by atoms with Gasteiger partial charge in [0.15, 0.2) is 0 Å². The Morgan fingerprint density at radius 1 is 1.47 bits per heavy atom. The van der Waals surface area contributed by atoms with Crippen LogP contribution < -0.4 is 16.0 Å². The van der Waals surface area contributed by atoms with E-state index in [2.05, 4.69) is 20.9 Å². The van der Waals surface area contributed by atoms with Crippen LogP contribution in [-0.2, 0) is 9.59 Å². The van der Waals surface area contributed by atoms with E-state index in [0.717, 1.165) is 11.5 Å². The Balaban J connectivity index is 2.05. The molecule has 1 fully saturated rings. The van der Waals surface area contributed by atoms with E-state index in [9.17, 15) is 9.59 Å². The summed E-state index contributed by atoms with van der Waals surface area (Å²) in [5.41, 5.74) is 0.804. The smallest absolute Gasteiger partial charge is 0.249 e. The summed E-state index contributed by atoms with van der Waals surface area (Å²) in [4.78, 5) is 26.6. The lowest BCUT2D eigenvalue weighted by molar-refractivity contribution is -0.133. The Morgan fingerprint density at radius 3 is 3.00 bits per heavy atom. The van der Waals surface area contributed by atoms with Gasteiger partial charge in [-0.2, -0.15) is 0 Å². The summed E-state index contributed by atoms with van der Waals surface area (Å²) in [5, 5.41) is 8.31. The second-order valence-electron chi connectivity index (χ2n) is 3.83. The van der Waals surface area contributed by atoms with Gasteiger partial charge in [0.1, 0.15) is 11.9 Å². The molecule has 1 aliphatic rings. The Morgan fingerprint density at radius 2 is 2.29 bits per heavy atom. The molecule has 2 amide bonds. The van der Waals surface area contributed by atoms with Crippen LogP contribution in [0.2, 0.25) is 0 Å². The molecule has 2 heterocycles. The van der Waals surface area contributed by atoms with E-state index in [-0.39, 0.29) is 17.9 Å². The van der Waals surface area contributed by atoms with Crippen molar-refractivity contribution in [3.05, 3.63) is 18.3 Å². The van der Waals surface area contributed by atoms with E-state index in [1.807, 2.05) is 6.07 Å². The number of amides is 2. The average Bonchev–Trinajstić information content (AvgIpc) is 2.33. The zero-order valence-electron chi connectivity index (χ0n) is 9.49. The van der Waals surface area contributed by atoms with Crippen LogP contribution in [0.4, 0.5) is 11.5 Å². The molecule has 0 bridgehead atoms. The third-order valence-electron chi connectivity index (χ3n) is 2.60. The normalized spacial score (nSPS) is 19.7. The number of nitrogens with one attached hydrogen (secondary N) is 3. The van der Waals surface area contributed by atoms with E-state index in [4.69, 9.17) is 0 Å². The summed E-state index contributed by atoms with van der Waals surface area (Å²) in [6.07, 6.45) is 2.54. The average molecular weight is 234 g/mol. The van der Waals surface area contributed by atoms with Crippen LogP contribution in [0.25, 0.3) is 0 Å². The fraction of sp³-hybridized carbons (Fsp3) is 0.364. The number of piperidine rings is 1. The van der Waals surface area contributed by atoms with Crippen molar-refractivity contribution in [3.8, 4) is 0 Å². The molecule has 3 N–H and O–H groups in total. The number of rotatable bonds is 3. The van der Waals surface area contributed by atoms with Gasteiger partial charge in [0.25, 0.3) is 0 Å². The molecule has 0 saturated carbocycles. The molecule has 1 unspecified atom stereocenters. The number of pyridine rings is 1. The molecule has 2 rings (SSSR count). The van der Waals surface area contributed by atoms with Crippen molar-refractivity contribution >= 4 is 23.3 Å². The Labute approximate surface area is 98.8 Å². The Kier molecular flexibility index (Phi) is 3.22. The minimum Gasteiger partial charge on any atom is -0.374 e. The summed E-state index contributed by atoms with van der Waals surface area (Å²) in [5.74, 6) is 0.241. The first-order valence-corrected chi connectivity index (χ1v) is 5.43. The second kappa shape index (κ2) is 4.82. The van der Waals surface area contributed by atoms with Gasteiger partial charge in [-0.25, -0.2) is 4.98 Å². The SMILES string of the molecule is CNc1cc(NC2CCC(=O)NC2=O)ccn1. The lowest BCUT2D eigenvalue weighted by Gasteiger charge is -2.22. The van der Waals surface area contributed by atoms with E-state index in [1.54, 1.807) is 19.3 Å². The Bertz CT molecular complexity index is 447. The summed E-state index contributed by atoms with van der Waals surface area (Å²) in [6, 6.07) is 3.23. The minimum absolute atomic E-state index is 0.210. The maximum atomic E-state index is 11.5. The zero-order chi connectivity index (χ0) is 12.3. The molecule has 1 aliphatic heterocycles. The molecule has 6 nitrogen and oxygen atoms in total. The van der Waals surface area contributed by atoms with Gasteiger partial charge in [0.2, 0.25) is 11.8 Å². The highest BCUT2D eigenvalue weighted by molar-refractivity contribution is 6.01. The predicted octanol–water partition coefficient (Wildman–Crippen LogP) is 0.340. The van der Waals surface area contributed by atoms with Crippen molar-refractivity contribution in [1.82, 2.24) is 10.3 Å². The molecular weight excluding hydrogens is 220 g/mol. The first-order valence-electron chi connectivity index (χ1n) is 5.43. The number of hydrogen-bond donors (Lipinski definition) is 3. The molecular formula is C11H14N4O2. The van der Waals surface area contributed by atoms with Gasteiger partial charge < -0.3 is 10.6 Å². The quantitative estimate of drug-likeness (QED) is 0.657. The van der Waals surface area contributed by atoms with Crippen molar-refractivity contribution in [2.45, 2.75) is 18.9 Å². The lowest BCUT2D eigenvalue weighted by atomic mass is 10.1. The highest BCUT2D eigenvalue weighted by atomic mass is 16.2. The standard InChI is InChI=1S/C11H14N4O2/c1-12-9-6-7(4-5-13-9)14-8-2-3-10(16)15-11(8)17/h4-6,8H,2-3H2,1H3,(H2,12,13,14)(H,15,16,17). The molecule has 0 radical (unpaired) electrons. The molecule has 1 aromatic heterocycles. The van der Waals surface area contributed by atoms with Gasteiger partial charge in [0.05, 0.1) is 0 Å². The molecule has 1 atom stereocenters. The molecule has 1 aromatic rings. The second-order valence-corrected chi connectivity index (χ2v) is 3.83. The fourth-order valence-electron chi connectivity index (χ4n) is 1.69. The molecule has 0 spiro atoms. The molecule has 0 aromatic carbocycles. The highest BCUT2D eigenvalue weighted by Crippen LogP contribution is 2.15. The maximum absolute atomic E-state index is 11.5. The fourth-order valence-corrected chi connectivity index (χ4v) is 1.69. The number of carbonyl (C=O) groups excluding carboxylic acids is 2. The molecule has 1 saturated heterocycles. The molecule has 90 valence electrons. The number of nitrogens with zero attached hydrogens (tertiary/aromatic N) is 1. The minimum atomic E-state index is -0.361. The number of anilines is 2. The molecule has 6 heteroatoms. The van der Waals surface area contributed by atoms with Crippen LogP contribution in [0.15, 0.2) is 18.3 Å². The Hall–Kier alpha value is -2.11. The van der Waals surface area contributed by atoms with Crippen molar-refractivity contribution in [2.24, 2.45) is 0 Å². The summed E-state index contributed by atoms with van der Waals surface area (Å²) in [7, 11) is 1.78. The topological polar surface area (TPSA) is 83.1 Å². The lowest BCUT2D eigenvalue weighted by Crippen LogP contribution is -2.47. The van der Waals surface area contributed by atoms with Crippen LogP contribution in [0.1, 0.15) is 12.8 Å². The van der Waals surface area contributed by atoms with E-state index < -0.39 is 0 Å². The summed E-state index contributed by atoms with van der Waals surface area (Å²) in [6.45, 7) is 0. The number of carbonyl (C=O) groups is 2. The van der Waals surface area contributed by atoms with Crippen molar-refractivity contribution in [1.29, 1.82) is 0 Å². The van der Waals surface area contributed by atoms with Crippen molar-refractivity contribution in [2.75, 3.05) is 17.7 Å². The van der Waals surface area contributed by atoms with Gasteiger partial charge in [-0.15, -0.1) is 0 Å². The first-order chi connectivity index (χ1) is 8.19. The van der Waals surface area contributed by atoms with E-state index in [1.165, 1.54) is 0 Å². The number of imide groups is 1. The highest BCUT2D eigenvalue weighted by Gasteiger charge is 2.26. The zero-order valence-corrected chi connectivity index (χ0v) is 9.49. The van der Waals surface area contributed by atoms with Gasteiger partial charge in [0, 0.05) is 31.4 Å². The van der Waals surface area contributed by atoms with Crippen LogP contribution in [0.3, 0.4) is 0 Å². The largest absolute Gasteiger partial charge is 0.374 e. The third kappa shape index (κ3) is 2.72. The van der Waals surface area contributed by atoms with Crippen LogP contribution in [-0.4, -0.2) is 29.9 Å². The third-order valence-corrected chi connectivity index (χ3v) is 2.60. The van der Waals surface area contributed by atoms with Crippen LogP contribution in [0.5, 0.6) is 0 Å². The summed E-state index contributed by atoms with van der Waals surface area (Å²) < 4.78 is 0. The monoisotopic (exact) mass is 234 g/mol. The van der Waals surface area contributed by atoms with Crippen molar-refractivity contribution in [3.63, 3.8) is 0 Å². The van der Waals surface area contributed by atoms with Gasteiger partial charge in [-0.05, 0) is 12.5 Å². The molecule has 0 aliphatic carbocycles.